The molecule has 0 aliphatic heterocycles. The maximum Gasteiger partial charge on any atom is 0.244 e. The molecule has 0 saturated heterocycles. The van der Waals surface area contributed by atoms with Gasteiger partial charge in [-0.15, -0.1) is 0 Å². The second kappa shape index (κ2) is 8.63. The summed E-state index contributed by atoms with van der Waals surface area (Å²) in [5, 5.41) is 2.72. The second-order valence-corrected chi connectivity index (χ2v) is 5.06. The van der Waals surface area contributed by atoms with Gasteiger partial charge >= 0.3 is 0 Å². The van der Waals surface area contributed by atoms with Crippen molar-refractivity contribution in [2.24, 2.45) is 0 Å². The zero-order chi connectivity index (χ0) is 16.5. The first-order valence-corrected chi connectivity index (χ1v) is 7.58. The van der Waals surface area contributed by atoms with E-state index in [1.807, 2.05) is 68.4 Å². The molecule has 4 heteroatoms. The van der Waals surface area contributed by atoms with Crippen molar-refractivity contribution in [1.82, 2.24) is 5.32 Å². The standard InChI is InChI=1S/C19H21NO3/c1-3-20-19(21)13-15(2)14-22-16-9-11-18(12-10-16)23-17-7-5-4-6-8-17/h4-13H,3,14H2,1-2H3,(H,20,21). The highest BCUT2D eigenvalue weighted by Gasteiger charge is 2.00. The number of nitrogens with one attached hydrogen (secondary N) is 1. The number of hydrogen-bond donors (Lipinski definition) is 1. The van der Waals surface area contributed by atoms with Crippen molar-refractivity contribution in [1.29, 1.82) is 0 Å². The van der Waals surface area contributed by atoms with Gasteiger partial charge in [-0.25, -0.2) is 0 Å². The maximum atomic E-state index is 11.4. The molecule has 120 valence electrons. The van der Waals surface area contributed by atoms with Gasteiger partial charge in [0, 0.05) is 12.6 Å². The molecule has 23 heavy (non-hydrogen) atoms. The average molecular weight is 311 g/mol. The molecule has 0 heterocycles. The van der Waals surface area contributed by atoms with E-state index in [2.05, 4.69) is 5.32 Å². The molecule has 0 saturated carbocycles. The van der Waals surface area contributed by atoms with Gasteiger partial charge in [-0.3, -0.25) is 4.79 Å². The monoisotopic (exact) mass is 311 g/mol. The fourth-order valence-corrected chi connectivity index (χ4v) is 1.92. The Morgan fingerprint density at radius 3 is 2.26 bits per heavy atom. The zero-order valence-corrected chi connectivity index (χ0v) is 13.4. The van der Waals surface area contributed by atoms with E-state index in [1.165, 1.54) is 0 Å². The van der Waals surface area contributed by atoms with Gasteiger partial charge in [-0.1, -0.05) is 18.2 Å². The molecule has 1 N–H and O–H groups in total. The molecule has 0 bridgehead atoms. The Morgan fingerprint density at radius 1 is 1.00 bits per heavy atom. The largest absolute Gasteiger partial charge is 0.489 e. The van der Waals surface area contributed by atoms with E-state index >= 15 is 0 Å². The van der Waals surface area contributed by atoms with Crippen LogP contribution in [-0.2, 0) is 4.79 Å². The minimum atomic E-state index is -0.0970. The van der Waals surface area contributed by atoms with Crippen molar-refractivity contribution in [3.8, 4) is 17.2 Å². The minimum absolute atomic E-state index is 0.0970. The summed E-state index contributed by atoms with van der Waals surface area (Å²) in [6, 6.07) is 17.0. The maximum absolute atomic E-state index is 11.4. The molecule has 0 radical (unpaired) electrons. The number of hydrogen-bond acceptors (Lipinski definition) is 3. The zero-order valence-electron chi connectivity index (χ0n) is 13.4. The van der Waals surface area contributed by atoms with Crippen LogP contribution < -0.4 is 14.8 Å². The summed E-state index contributed by atoms with van der Waals surface area (Å²) in [4.78, 5) is 11.4. The average Bonchev–Trinajstić information content (AvgIpc) is 2.55. The molecule has 2 rings (SSSR count). The van der Waals surface area contributed by atoms with E-state index < -0.39 is 0 Å². The molecule has 0 atom stereocenters. The van der Waals surface area contributed by atoms with Gasteiger partial charge in [0.05, 0.1) is 0 Å². The quantitative estimate of drug-likeness (QED) is 0.788. The number of amides is 1. The summed E-state index contributed by atoms with van der Waals surface area (Å²) in [7, 11) is 0. The van der Waals surface area contributed by atoms with Crippen LogP contribution in [0.4, 0.5) is 0 Å². The first-order valence-electron chi connectivity index (χ1n) is 7.58. The van der Waals surface area contributed by atoms with Gasteiger partial charge in [0.2, 0.25) is 5.91 Å². The molecule has 0 aliphatic rings. The molecule has 4 nitrogen and oxygen atoms in total. The number of para-hydroxylation sites is 1. The van der Waals surface area contributed by atoms with Gasteiger partial charge < -0.3 is 14.8 Å². The van der Waals surface area contributed by atoms with E-state index in [0.717, 1.165) is 22.8 Å². The van der Waals surface area contributed by atoms with Crippen molar-refractivity contribution in [2.75, 3.05) is 13.2 Å². The van der Waals surface area contributed by atoms with Crippen molar-refractivity contribution < 1.29 is 14.3 Å². The van der Waals surface area contributed by atoms with Crippen LogP contribution in [0.15, 0.2) is 66.2 Å². The third-order valence-corrected chi connectivity index (χ3v) is 3.00. The highest BCUT2D eigenvalue weighted by molar-refractivity contribution is 5.88. The van der Waals surface area contributed by atoms with Gasteiger partial charge in [-0.05, 0) is 55.8 Å². The summed E-state index contributed by atoms with van der Waals surface area (Å²) < 4.78 is 11.4. The second-order valence-electron chi connectivity index (χ2n) is 5.06. The van der Waals surface area contributed by atoms with E-state index in [-0.39, 0.29) is 5.91 Å². The van der Waals surface area contributed by atoms with E-state index in [1.54, 1.807) is 6.08 Å². The summed E-state index contributed by atoms with van der Waals surface area (Å²) in [5.74, 6) is 2.18. The van der Waals surface area contributed by atoms with Gasteiger partial charge in [0.25, 0.3) is 0 Å². The lowest BCUT2D eigenvalue weighted by molar-refractivity contribution is -0.116. The van der Waals surface area contributed by atoms with Crippen LogP contribution in [0.3, 0.4) is 0 Å². The van der Waals surface area contributed by atoms with Crippen LogP contribution in [-0.4, -0.2) is 19.1 Å². The third kappa shape index (κ3) is 5.87. The number of likely N-dealkylation sites (N-methyl/N-ethyl adjacent to an activating group) is 1. The van der Waals surface area contributed by atoms with Crippen molar-refractivity contribution in [2.45, 2.75) is 13.8 Å². The fraction of sp³-hybridized carbons (Fsp3) is 0.211. The molecular weight excluding hydrogens is 290 g/mol. The summed E-state index contributed by atoms with van der Waals surface area (Å²) >= 11 is 0. The van der Waals surface area contributed by atoms with E-state index in [4.69, 9.17) is 9.47 Å². The molecule has 0 aromatic heterocycles. The Kier molecular flexibility index (Phi) is 6.24. The molecule has 2 aromatic carbocycles. The van der Waals surface area contributed by atoms with Gasteiger partial charge in [-0.2, -0.15) is 0 Å². The highest BCUT2D eigenvalue weighted by Crippen LogP contribution is 2.23. The number of rotatable bonds is 7. The first kappa shape index (κ1) is 16.6. The molecule has 0 aliphatic carbocycles. The number of ether oxygens (including phenoxy) is 2. The Morgan fingerprint density at radius 2 is 1.61 bits per heavy atom. The van der Waals surface area contributed by atoms with Crippen LogP contribution in [0.25, 0.3) is 0 Å². The Balaban J connectivity index is 1.86. The topological polar surface area (TPSA) is 47.6 Å². The third-order valence-electron chi connectivity index (χ3n) is 3.00. The summed E-state index contributed by atoms with van der Waals surface area (Å²) in [6.45, 7) is 4.74. The number of carbonyl (C=O) groups excluding carboxylic acids is 1. The molecule has 0 spiro atoms. The highest BCUT2D eigenvalue weighted by atomic mass is 16.5. The SMILES string of the molecule is CCNC(=O)C=C(C)COc1ccc(Oc2ccccc2)cc1. The Hall–Kier alpha value is -2.75. The lowest BCUT2D eigenvalue weighted by atomic mass is 10.3. The summed E-state index contributed by atoms with van der Waals surface area (Å²) in [6.07, 6.45) is 1.55. The van der Waals surface area contributed by atoms with E-state index in [0.29, 0.717) is 13.2 Å². The molecule has 0 fully saturated rings. The van der Waals surface area contributed by atoms with Gasteiger partial charge in [0.1, 0.15) is 23.9 Å². The Bertz CT molecular complexity index is 648. The smallest absolute Gasteiger partial charge is 0.244 e. The fourth-order valence-electron chi connectivity index (χ4n) is 1.92. The van der Waals surface area contributed by atoms with Gasteiger partial charge in [0.15, 0.2) is 0 Å². The van der Waals surface area contributed by atoms with Crippen LogP contribution >= 0.6 is 0 Å². The summed E-state index contributed by atoms with van der Waals surface area (Å²) in [5.41, 5.74) is 0.862. The molecule has 1 amide bonds. The predicted octanol–water partition coefficient (Wildman–Crippen LogP) is 3.94. The lowest BCUT2D eigenvalue weighted by Gasteiger charge is -2.09. The van der Waals surface area contributed by atoms with Crippen molar-refractivity contribution >= 4 is 5.91 Å². The van der Waals surface area contributed by atoms with Crippen LogP contribution in [0.5, 0.6) is 17.2 Å². The number of carbonyl (C=O) groups is 1. The van der Waals surface area contributed by atoms with Crippen LogP contribution in [0.2, 0.25) is 0 Å². The molecule has 0 unspecified atom stereocenters. The first-order chi connectivity index (χ1) is 11.2. The molecule has 2 aromatic rings. The normalized spacial score (nSPS) is 11.0. The minimum Gasteiger partial charge on any atom is -0.489 e. The molecular formula is C19H21NO3. The number of benzene rings is 2. The Labute approximate surface area is 136 Å². The van der Waals surface area contributed by atoms with Crippen LogP contribution in [0, 0.1) is 0 Å². The van der Waals surface area contributed by atoms with Crippen LogP contribution in [0.1, 0.15) is 13.8 Å². The van der Waals surface area contributed by atoms with E-state index in [9.17, 15) is 4.79 Å². The lowest BCUT2D eigenvalue weighted by Crippen LogP contribution is -2.20. The van der Waals surface area contributed by atoms with Crippen molar-refractivity contribution in [3.63, 3.8) is 0 Å². The van der Waals surface area contributed by atoms with Crippen molar-refractivity contribution in [3.05, 3.63) is 66.2 Å². The predicted molar refractivity (Wildman–Crippen MR) is 90.9 cm³/mol.